The zero-order chi connectivity index (χ0) is 25.0. The van der Waals surface area contributed by atoms with Gasteiger partial charge in [-0.3, -0.25) is 9.36 Å². The Morgan fingerprint density at radius 3 is 2.08 bits per heavy atom. The molecule has 0 aliphatic carbocycles. The van der Waals surface area contributed by atoms with Gasteiger partial charge >= 0.3 is 0 Å². The minimum absolute atomic E-state index is 0.116. The Morgan fingerprint density at radius 2 is 1.43 bits per heavy atom. The molecule has 37 heavy (non-hydrogen) atoms. The number of hydrogen-bond donors (Lipinski definition) is 2. The van der Waals surface area contributed by atoms with Crippen molar-refractivity contribution in [1.82, 2.24) is 19.9 Å². The Kier molecular flexibility index (Phi) is 6.35. The summed E-state index contributed by atoms with van der Waals surface area (Å²) in [5, 5.41) is 7.51. The second kappa shape index (κ2) is 10.2. The van der Waals surface area contributed by atoms with Crippen LogP contribution in [0.4, 0.5) is 17.3 Å². The van der Waals surface area contributed by atoms with E-state index in [2.05, 4.69) is 32.7 Å². The lowest BCUT2D eigenvalue weighted by Gasteiger charge is -2.29. The molecule has 2 N–H and O–H groups in total. The maximum absolute atomic E-state index is 13.4. The monoisotopic (exact) mass is 488 g/mol. The number of fused-ring (bicyclic) bond motifs is 1. The third-order valence-corrected chi connectivity index (χ3v) is 6.76. The number of nitrogens with zero attached hydrogens (tertiary/aromatic N) is 4. The summed E-state index contributed by atoms with van der Waals surface area (Å²) in [7, 11) is 0. The first-order valence-corrected chi connectivity index (χ1v) is 12.6. The van der Waals surface area contributed by atoms with E-state index < -0.39 is 0 Å². The highest BCUT2D eigenvalue weighted by Gasteiger charge is 2.21. The summed E-state index contributed by atoms with van der Waals surface area (Å²) < 4.78 is 1.76. The van der Waals surface area contributed by atoms with E-state index in [4.69, 9.17) is 4.98 Å². The highest BCUT2D eigenvalue weighted by atomic mass is 16.1. The van der Waals surface area contributed by atoms with E-state index in [9.17, 15) is 4.79 Å². The van der Waals surface area contributed by atoms with Gasteiger partial charge in [-0.2, -0.15) is 4.98 Å². The van der Waals surface area contributed by atoms with Gasteiger partial charge in [0.15, 0.2) is 0 Å². The molecule has 184 valence electrons. The van der Waals surface area contributed by atoms with E-state index in [1.54, 1.807) is 22.9 Å². The number of hydrogen-bond acceptors (Lipinski definition) is 6. The van der Waals surface area contributed by atoms with Crippen molar-refractivity contribution in [3.63, 3.8) is 0 Å². The van der Waals surface area contributed by atoms with Crippen LogP contribution in [0.25, 0.3) is 11.0 Å². The average molecular weight is 489 g/mol. The van der Waals surface area contributed by atoms with Crippen molar-refractivity contribution in [1.29, 1.82) is 0 Å². The molecule has 0 saturated carbocycles. The second-order valence-corrected chi connectivity index (χ2v) is 9.15. The van der Waals surface area contributed by atoms with E-state index in [0.717, 1.165) is 48.4 Å². The first kappa shape index (κ1) is 22.9. The Bertz CT molecular complexity index is 1510. The number of nitrogens with one attached hydrogen (secondary N) is 2. The van der Waals surface area contributed by atoms with Crippen molar-refractivity contribution in [2.24, 2.45) is 0 Å². The van der Waals surface area contributed by atoms with Crippen LogP contribution >= 0.6 is 0 Å². The van der Waals surface area contributed by atoms with Gasteiger partial charge in [0.2, 0.25) is 5.95 Å². The van der Waals surface area contributed by atoms with Crippen molar-refractivity contribution in [3.8, 4) is 0 Å². The summed E-state index contributed by atoms with van der Waals surface area (Å²) >= 11 is 0. The summed E-state index contributed by atoms with van der Waals surface area (Å²) in [6, 6.07) is 31.5. The van der Waals surface area contributed by atoms with E-state index in [1.807, 2.05) is 72.8 Å². The first-order valence-electron chi connectivity index (χ1n) is 12.6. The second-order valence-electron chi connectivity index (χ2n) is 9.15. The number of pyridine rings is 1. The predicted octanol–water partition coefficient (Wildman–Crippen LogP) is 4.58. The third kappa shape index (κ3) is 4.81. The fourth-order valence-corrected chi connectivity index (χ4v) is 4.92. The minimum atomic E-state index is -0.320. The van der Waals surface area contributed by atoms with Crippen LogP contribution in [0.5, 0.6) is 0 Å². The molecule has 6 rings (SSSR count). The summed E-state index contributed by atoms with van der Waals surface area (Å²) in [6.07, 6.45) is 1.77. The molecule has 0 bridgehead atoms. The van der Waals surface area contributed by atoms with E-state index in [1.165, 1.54) is 5.69 Å². The SMILES string of the molecule is O=c1ccc2cnc(Nc3ccc(N4CCNCC4)cc3)nc2n1C(c1ccccc1)c1ccccc1. The Labute approximate surface area is 215 Å². The lowest BCUT2D eigenvalue weighted by molar-refractivity contribution is 0.589. The molecule has 0 atom stereocenters. The smallest absolute Gasteiger partial charge is 0.253 e. The molecule has 1 aliphatic rings. The molecule has 1 aliphatic heterocycles. The molecular weight excluding hydrogens is 460 g/mol. The lowest BCUT2D eigenvalue weighted by Crippen LogP contribution is -2.43. The number of anilines is 3. The van der Waals surface area contributed by atoms with Gasteiger partial charge in [0.05, 0.1) is 6.04 Å². The molecule has 7 heteroatoms. The molecule has 1 saturated heterocycles. The summed E-state index contributed by atoms with van der Waals surface area (Å²) in [5.74, 6) is 0.446. The molecular formula is C30H28N6O. The Morgan fingerprint density at radius 1 is 0.784 bits per heavy atom. The van der Waals surface area contributed by atoms with Gasteiger partial charge in [0.25, 0.3) is 5.56 Å². The topological polar surface area (TPSA) is 75.1 Å². The van der Waals surface area contributed by atoms with Gasteiger partial charge in [-0.05, 0) is 41.5 Å². The Balaban J connectivity index is 1.39. The predicted molar refractivity (Wildman–Crippen MR) is 149 cm³/mol. The fourth-order valence-electron chi connectivity index (χ4n) is 4.92. The van der Waals surface area contributed by atoms with Gasteiger partial charge in [-0.25, -0.2) is 4.98 Å². The summed E-state index contributed by atoms with van der Waals surface area (Å²) in [4.78, 5) is 25.1. The van der Waals surface area contributed by atoms with Crippen molar-refractivity contribution < 1.29 is 0 Å². The van der Waals surface area contributed by atoms with E-state index in [0.29, 0.717) is 11.6 Å². The molecule has 3 heterocycles. The molecule has 5 aromatic rings. The first-order chi connectivity index (χ1) is 18.3. The van der Waals surface area contributed by atoms with Crippen LogP contribution in [-0.2, 0) is 0 Å². The summed E-state index contributed by atoms with van der Waals surface area (Å²) in [6.45, 7) is 4.00. The lowest BCUT2D eigenvalue weighted by atomic mass is 9.98. The van der Waals surface area contributed by atoms with Crippen molar-refractivity contribution in [2.75, 3.05) is 36.4 Å². The highest BCUT2D eigenvalue weighted by molar-refractivity contribution is 5.76. The van der Waals surface area contributed by atoms with Crippen molar-refractivity contribution in [3.05, 3.63) is 125 Å². The van der Waals surface area contributed by atoms with Gasteiger partial charge < -0.3 is 15.5 Å². The number of rotatable bonds is 6. The standard InChI is InChI=1S/C30H28N6O/c37-27-16-11-24-21-32-30(33-25-12-14-26(15-13-25)35-19-17-31-18-20-35)34-29(24)36(27)28(22-7-3-1-4-8-22)23-9-5-2-6-10-23/h1-16,21,28,31H,17-20H2,(H,32,33,34). The van der Waals surface area contributed by atoms with E-state index >= 15 is 0 Å². The number of piperazine rings is 1. The molecule has 1 fully saturated rings. The molecule has 0 amide bonds. The van der Waals surface area contributed by atoms with E-state index in [-0.39, 0.29) is 11.6 Å². The average Bonchev–Trinajstić information content (AvgIpc) is 2.96. The number of benzene rings is 3. The van der Waals surface area contributed by atoms with Gasteiger partial charge in [0.1, 0.15) is 5.65 Å². The van der Waals surface area contributed by atoms with Crippen LogP contribution < -0.4 is 21.1 Å². The molecule has 0 unspecified atom stereocenters. The number of aromatic nitrogens is 3. The fraction of sp³-hybridized carbons (Fsp3) is 0.167. The molecule has 3 aromatic carbocycles. The van der Waals surface area contributed by atoms with Crippen LogP contribution in [0, 0.1) is 0 Å². The quantitative estimate of drug-likeness (QED) is 0.364. The third-order valence-electron chi connectivity index (χ3n) is 6.76. The highest BCUT2D eigenvalue weighted by Crippen LogP contribution is 2.28. The van der Waals surface area contributed by atoms with Gasteiger partial charge in [-0.15, -0.1) is 0 Å². The molecule has 7 nitrogen and oxygen atoms in total. The van der Waals surface area contributed by atoms with Crippen LogP contribution in [-0.4, -0.2) is 40.7 Å². The van der Waals surface area contributed by atoms with Crippen LogP contribution in [0.1, 0.15) is 17.2 Å². The molecule has 2 aromatic heterocycles. The van der Waals surface area contributed by atoms with Gasteiger partial charge in [0, 0.05) is 55.2 Å². The van der Waals surface area contributed by atoms with Crippen molar-refractivity contribution in [2.45, 2.75) is 6.04 Å². The van der Waals surface area contributed by atoms with Gasteiger partial charge in [-0.1, -0.05) is 60.7 Å². The molecule has 0 radical (unpaired) electrons. The zero-order valence-electron chi connectivity index (χ0n) is 20.4. The molecule has 0 spiro atoms. The van der Waals surface area contributed by atoms with Crippen molar-refractivity contribution >= 4 is 28.4 Å². The van der Waals surface area contributed by atoms with Crippen LogP contribution in [0.15, 0.2) is 108 Å². The van der Waals surface area contributed by atoms with Crippen LogP contribution in [0.3, 0.4) is 0 Å². The summed E-state index contributed by atoms with van der Waals surface area (Å²) in [5.41, 5.74) is 4.59. The largest absolute Gasteiger partial charge is 0.369 e. The minimum Gasteiger partial charge on any atom is -0.369 e. The normalized spacial score (nSPS) is 13.7. The maximum Gasteiger partial charge on any atom is 0.253 e. The zero-order valence-corrected chi connectivity index (χ0v) is 20.4. The van der Waals surface area contributed by atoms with Crippen LogP contribution in [0.2, 0.25) is 0 Å². The Hall–Kier alpha value is -4.49. The maximum atomic E-state index is 13.4.